The number of H-pyrrole nitrogens is 2. The van der Waals surface area contributed by atoms with Crippen molar-refractivity contribution in [1.82, 2.24) is 20.1 Å². The fourth-order valence-electron chi connectivity index (χ4n) is 4.41. The molecule has 146 valence electrons. The third kappa shape index (κ3) is 3.02. The van der Waals surface area contributed by atoms with Crippen LogP contribution in [0.2, 0.25) is 0 Å². The highest BCUT2D eigenvalue weighted by Gasteiger charge is 2.29. The van der Waals surface area contributed by atoms with E-state index in [4.69, 9.17) is 4.74 Å². The van der Waals surface area contributed by atoms with Gasteiger partial charge < -0.3 is 14.6 Å². The van der Waals surface area contributed by atoms with Crippen LogP contribution in [0.5, 0.6) is 0 Å². The molecule has 3 aromatic rings. The van der Waals surface area contributed by atoms with E-state index >= 15 is 0 Å². The van der Waals surface area contributed by atoms with E-state index in [1.54, 1.807) is 0 Å². The third-order valence-electron chi connectivity index (χ3n) is 6.08. The fraction of sp³-hybridized carbons (Fsp3) is 0.455. The second kappa shape index (κ2) is 6.48. The van der Waals surface area contributed by atoms with E-state index in [2.05, 4.69) is 35.1 Å². The Morgan fingerprint density at radius 1 is 1.21 bits per heavy atom. The van der Waals surface area contributed by atoms with Crippen LogP contribution in [0.25, 0.3) is 22.3 Å². The van der Waals surface area contributed by atoms with Gasteiger partial charge in [-0.15, -0.1) is 0 Å². The van der Waals surface area contributed by atoms with Crippen molar-refractivity contribution < 1.29 is 9.53 Å². The van der Waals surface area contributed by atoms with Crippen LogP contribution < -0.4 is 0 Å². The molecule has 1 aliphatic heterocycles. The van der Waals surface area contributed by atoms with Crippen molar-refractivity contribution in [2.45, 2.75) is 33.1 Å². The van der Waals surface area contributed by atoms with Gasteiger partial charge in [-0.3, -0.25) is 9.89 Å². The highest BCUT2D eigenvalue weighted by molar-refractivity contribution is 5.99. The van der Waals surface area contributed by atoms with E-state index in [1.807, 2.05) is 23.1 Å². The molecule has 0 radical (unpaired) electrons. The number of carbonyl (C=O) groups excluding carboxylic acids is 1. The Bertz CT molecular complexity index is 1040. The molecule has 3 heterocycles. The van der Waals surface area contributed by atoms with Crippen molar-refractivity contribution in [3.8, 4) is 11.4 Å². The number of nitrogens with zero attached hydrogens (tertiary/aromatic N) is 2. The van der Waals surface area contributed by atoms with Crippen molar-refractivity contribution >= 4 is 16.8 Å². The Hall–Kier alpha value is -2.60. The molecule has 0 atom stereocenters. The maximum atomic E-state index is 12.8. The van der Waals surface area contributed by atoms with Gasteiger partial charge in [-0.1, -0.05) is 13.8 Å². The molecule has 2 N–H and O–H groups in total. The number of hydrogen-bond acceptors (Lipinski definition) is 3. The van der Waals surface area contributed by atoms with Crippen molar-refractivity contribution in [2.24, 2.45) is 5.41 Å². The molecular weight excluding hydrogens is 352 g/mol. The number of fused-ring (bicyclic) bond motifs is 2. The van der Waals surface area contributed by atoms with Gasteiger partial charge in [-0.25, -0.2) is 0 Å². The first-order chi connectivity index (χ1) is 13.5. The first-order valence-corrected chi connectivity index (χ1v) is 10.1. The summed E-state index contributed by atoms with van der Waals surface area (Å²) in [6, 6.07) is 7.99. The third-order valence-corrected chi connectivity index (χ3v) is 6.08. The van der Waals surface area contributed by atoms with Crippen LogP contribution in [0.3, 0.4) is 0 Å². The highest BCUT2D eigenvalue weighted by atomic mass is 16.5. The summed E-state index contributed by atoms with van der Waals surface area (Å²) >= 11 is 0. The first kappa shape index (κ1) is 17.5. The number of benzene rings is 1. The second-order valence-electron chi connectivity index (χ2n) is 8.76. The van der Waals surface area contributed by atoms with Crippen molar-refractivity contribution in [1.29, 1.82) is 0 Å². The van der Waals surface area contributed by atoms with Crippen LogP contribution >= 0.6 is 0 Å². The lowest BCUT2D eigenvalue weighted by molar-refractivity contribution is 0.0303. The largest absolute Gasteiger partial charge is 0.378 e. The fourth-order valence-corrected chi connectivity index (χ4v) is 4.41. The van der Waals surface area contributed by atoms with Crippen LogP contribution in [0.4, 0.5) is 0 Å². The normalized spacial score (nSPS) is 19.0. The van der Waals surface area contributed by atoms with E-state index < -0.39 is 0 Å². The summed E-state index contributed by atoms with van der Waals surface area (Å²) < 4.78 is 5.35. The minimum absolute atomic E-state index is 0.0762. The van der Waals surface area contributed by atoms with E-state index in [9.17, 15) is 4.79 Å². The Morgan fingerprint density at radius 2 is 2.04 bits per heavy atom. The quantitative estimate of drug-likeness (QED) is 0.716. The molecule has 2 aromatic heterocycles. The van der Waals surface area contributed by atoms with Crippen LogP contribution in [-0.2, 0) is 17.6 Å². The molecule has 1 saturated heterocycles. The Balaban J connectivity index is 1.46. The maximum Gasteiger partial charge on any atom is 0.254 e. The summed E-state index contributed by atoms with van der Waals surface area (Å²) in [4.78, 5) is 18.1. The topological polar surface area (TPSA) is 74.0 Å². The Kier molecular flexibility index (Phi) is 4.05. The molecule has 6 nitrogen and oxygen atoms in total. The van der Waals surface area contributed by atoms with Crippen LogP contribution in [0, 0.1) is 5.41 Å². The summed E-state index contributed by atoms with van der Waals surface area (Å²) in [6.45, 7) is 7.17. The molecule has 0 saturated carbocycles. The number of rotatable bonds is 2. The predicted octanol–water partition coefficient (Wildman–Crippen LogP) is 3.55. The van der Waals surface area contributed by atoms with Crippen molar-refractivity contribution in [3.63, 3.8) is 0 Å². The van der Waals surface area contributed by atoms with Crippen molar-refractivity contribution in [3.05, 3.63) is 41.1 Å². The average molecular weight is 378 g/mol. The van der Waals surface area contributed by atoms with Crippen LogP contribution in [0.15, 0.2) is 24.3 Å². The van der Waals surface area contributed by atoms with Crippen molar-refractivity contribution in [2.75, 3.05) is 26.3 Å². The van der Waals surface area contributed by atoms with Gasteiger partial charge in [0, 0.05) is 40.8 Å². The summed E-state index contributed by atoms with van der Waals surface area (Å²) in [6.07, 6.45) is 3.25. The Morgan fingerprint density at radius 3 is 2.86 bits per heavy atom. The zero-order valence-electron chi connectivity index (χ0n) is 16.5. The molecule has 28 heavy (non-hydrogen) atoms. The standard InChI is InChI=1S/C22H26N4O2/c1-22(2)6-5-16-19(13-22)24-25-20(16)18-12-15-11-14(3-4-17(15)23-18)21(27)26-7-9-28-10-8-26/h3-4,11-12,23H,5-10,13H2,1-2H3,(H,24,25). The summed E-state index contributed by atoms with van der Waals surface area (Å²) in [5, 5.41) is 8.91. The van der Waals surface area contributed by atoms with E-state index in [0.29, 0.717) is 31.7 Å². The van der Waals surface area contributed by atoms with Gasteiger partial charge in [0.1, 0.15) is 5.69 Å². The SMILES string of the molecule is CC1(C)CCc2c(-c3cc4cc(C(=O)N5CCOCC5)ccc4[nH]3)n[nH]c2C1. The van der Waals surface area contributed by atoms with Gasteiger partial charge in [0.15, 0.2) is 0 Å². The number of hydrogen-bond donors (Lipinski definition) is 2. The first-order valence-electron chi connectivity index (χ1n) is 10.1. The molecule has 0 spiro atoms. The number of carbonyl (C=O) groups is 1. The Labute approximate surface area is 164 Å². The average Bonchev–Trinajstić information content (AvgIpc) is 3.29. The van der Waals surface area contributed by atoms with E-state index in [1.165, 1.54) is 17.7 Å². The number of ether oxygens (including phenoxy) is 1. The number of aromatic nitrogens is 3. The molecule has 2 aliphatic rings. The molecule has 1 fully saturated rings. The number of aromatic amines is 2. The molecular formula is C22H26N4O2. The molecule has 1 amide bonds. The summed E-state index contributed by atoms with van der Waals surface area (Å²) in [5.74, 6) is 0.0762. The lowest BCUT2D eigenvalue weighted by Gasteiger charge is -2.28. The van der Waals surface area contributed by atoms with Gasteiger partial charge in [0.2, 0.25) is 0 Å². The van der Waals surface area contributed by atoms with E-state index in [-0.39, 0.29) is 5.91 Å². The summed E-state index contributed by atoms with van der Waals surface area (Å²) in [7, 11) is 0. The smallest absolute Gasteiger partial charge is 0.254 e. The lowest BCUT2D eigenvalue weighted by Crippen LogP contribution is -2.40. The minimum Gasteiger partial charge on any atom is -0.378 e. The molecule has 0 unspecified atom stereocenters. The minimum atomic E-state index is 0.0762. The van der Waals surface area contributed by atoms with Gasteiger partial charge in [-0.05, 0) is 48.9 Å². The monoisotopic (exact) mass is 378 g/mol. The molecule has 5 rings (SSSR count). The molecule has 1 aliphatic carbocycles. The predicted molar refractivity (Wildman–Crippen MR) is 108 cm³/mol. The number of amides is 1. The van der Waals surface area contributed by atoms with Gasteiger partial charge in [0.25, 0.3) is 5.91 Å². The zero-order chi connectivity index (χ0) is 19.3. The zero-order valence-corrected chi connectivity index (χ0v) is 16.5. The number of morpholine rings is 1. The molecule has 0 bridgehead atoms. The highest BCUT2D eigenvalue weighted by Crippen LogP contribution is 2.38. The van der Waals surface area contributed by atoms with Gasteiger partial charge in [-0.2, -0.15) is 5.10 Å². The van der Waals surface area contributed by atoms with Crippen LogP contribution in [0.1, 0.15) is 41.9 Å². The summed E-state index contributed by atoms with van der Waals surface area (Å²) in [5.41, 5.74) is 6.70. The molecule has 6 heteroatoms. The molecule has 1 aromatic carbocycles. The van der Waals surface area contributed by atoms with Gasteiger partial charge >= 0.3 is 0 Å². The van der Waals surface area contributed by atoms with E-state index in [0.717, 1.165) is 40.7 Å². The van der Waals surface area contributed by atoms with Crippen LogP contribution in [-0.4, -0.2) is 52.3 Å². The lowest BCUT2D eigenvalue weighted by atomic mass is 9.76. The maximum absolute atomic E-state index is 12.8. The second-order valence-corrected chi connectivity index (χ2v) is 8.76. The van der Waals surface area contributed by atoms with Gasteiger partial charge in [0.05, 0.1) is 18.9 Å². The number of nitrogens with one attached hydrogen (secondary N) is 2.